The molecule has 0 amide bonds. The quantitative estimate of drug-likeness (QED) is 0.849. The summed E-state index contributed by atoms with van der Waals surface area (Å²) >= 11 is 7.85. The van der Waals surface area contributed by atoms with Crippen LogP contribution in [0.1, 0.15) is 22.5 Å². The minimum Gasteiger partial charge on any atom is -0.320 e. The van der Waals surface area contributed by atoms with Crippen LogP contribution in [0.15, 0.2) is 15.3 Å². The van der Waals surface area contributed by atoms with Crippen LogP contribution in [0.5, 0.6) is 0 Å². The van der Waals surface area contributed by atoms with E-state index in [0.29, 0.717) is 0 Å². The fourth-order valence-corrected chi connectivity index (χ4v) is 1.69. The Morgan fingerprint density at radius 2 is 2.14 bits per heavy atom. The van der Waals surface area contributed by atoms with Crippen LogP contribution in [0.25, 0.3) is 0 Å². The zero-order chi connectivity index (χ0) is 10.9. The molecule has 76 valence electrons. The molecule has 14 heavy (non-hydrogen) atoms. The highest BCUT2D eigenvalue weighted by Crippen LogP contribution is 2.27. The lowest BCUT2D eigenvalue weighted by molar-refractivity contribution is 0.107. The van der Waals surface area contributed by atoms with E-state index in [1.165, 1.54) is 0 Å². The second-order valence-electron chi connectivity index (χ2n) is 2.35. The van der Waals surface area contributed by atoms with Gasteiger partial charge < -0.3 is 4.98 Å². The minimum atomic E-state index is -2.88. The number of pyridine rings is 1. The van der Waals surface area contributed by atoms with Gasteiger partial charge >= 0.3 is 0 Å². The fraction of sp³-hybridized carbons (Fsp3) is 0.143. The van der Waals surface area contributed by atoms with Gasteiger partial charge in [0.1, 0.15) is 0 Å². The number of aromatic amines is 1. The molecule has 1 N–H and O–H groups in total. The van der Waals surface area contributed by atoms with Gasteiger partial charge in [0.15, 0.2) is 0 Å². The average Bonchev–Trinajstić information content (AvgIpc) is 2.07. The van der Waals surface area contributed by atoms with Crippen molar-refractivity contribution in [3.63, 3.8) is 0 Å². The Kier molecular flexibility index (Phi) is 3.38. The summed E-state index contributed by atoms with van der Waals surface area (Å²) in [5, 5.41) is -0.968. The highest BCUT2D eigenvalue weighted by atomic mass is 79.9. The molecule has 1 aromatic rings. The van der Waals surface area contributed by atoms with E-state index < -0.39 is 22.9 Å². The van der Waals surface area contributed by atoms with Crippen molar-refractivity contribution in [2.24, 2.45) is 0 Å². The zero-order valence-corrected chi connectivity index (χ0v) is 8.82. The number of carbonyl (C=O) groups excluding carboxylic acids is 1. The van der Waals surface area contributed by atoms with Gasteiger partial charge in [-0.2, -0.15) is 0 Å². The van der Waals surface area contributed by atoms with Gasteiger partial charge in [0.2, 0.25) is 5.56 Å². The molecule has 0 aliphatic heterocycles. The number of hydrogen-bond donors (Lipinski definition) is 1. The SMILES string of the molecule is O=C(Cl)c1cc(=O)[nH]c(C(F)F)c1Br. The summed E-state index contributed by atoms with van der Waals surface area (Å²) in [6.45, 7) is 0. The fourth-order valence-electron chi connectivity index (χ4n) is 0.857. The van der Waals surface area contributed by atoms with Gasteiger partial charge in [0.05, 0.1) is 15.7 Å². The highest BCUT2D eigenvalue weighted by molar-refractivity contribution is 9.10. The molecule has 0 atom stereocenters. The first-order valence-electron chi connectivity index (χ1n) is 3.34. The van der Waals surface area contributed by atoms with E-state index in [0.717, 1.165) is 6.07 Å². The Balaban J connectivity index is 3.48. The van der Waals surface area contributed by atoms with Crippen LogP contribution < -0.4 is 5.56 Å². The number of nitrogens with one attached hydrogen (secondary N) is 1. The molecule has 0 saturated heterocycles. The van der Waals surface area contributed by atoms with E-state index in [1.807, 2.05) is 4.98 Å². The number of H-pyrrole nitrogens is 1. The number of hydrogen-bond acceptors (Lipinski definition) is 2. The number of alkyl halides is 2. The molecule has 0 spiro atoms. The summed E-state index contributed by atoms with van der Waals surface area (Å²) in [4.78, 5) is 23.5. The topological polar surface area (TPSA) is 49.9 Å². The third-order valence-corrected chi connectivity index (χ3v) is 2.49. The Labute approximate surface area is 90.2 Å². The predicted octanol–water partition coefficient (Wildman–Crippen LogP) is 2.45. The van der Waals surface area contributed by atoms with E-state index in [1.54, 1.807) is 0 Å². The van der Waals surface area contributed by atoms with Crippen molar-refractivity contribution in [1.82, 2.24) is 4.98 Å². The molecule has 0 unspecified atom stereocenters. The monoisotopic (exact) mass is 285 g/mol. The minimum absolute atomic E-state index is 0.188. The maximum absolute atomic E-state index is 12.3. The summed E-state index contributed by atoms with van der Waals surface area (Å²) in [5.74, 6) is 0. The van der Waals surface area contributed by atoms with Crippen LogP contribution in [0.2, 0.25) is 0 Å². The third kappa shape index (κ3) is 2.19. The lowest BCUT2D eigenvalue weighted by atomic mass is 10.2. The van der Waals surface area contributed by atoms with Crippen LogP contribution in [-0.4, -0.2) is 10.2 Å². The Bertz CT molecular complexity index is 432. The maximum Gasteiger partial charge on any atom is 0.279 e. The van der Waals surface area contributed by atoms with Crippen molar-refractivity contribution in [2.75, 3.05) is 0 Å². The van der Waals surface area contributed by atoms with E-state index in [-0.39, 0.29) is 10.0 Å². The molecule has 0 saturated carbocycles. The summed E-state index contributed by atoms with van der Waals surface area (Å²) < 4.78 is 24.4. The maximum atomic E-state index is 12.3. The van der Waals surface area contributed by atoms with E-state index in [2.05, 4.69) is 15.9 Å². The standard InChI is InChI=1S/C7H3BrClF2NO2/c8-4-2(6(9)14)1-3(13)12-5(4)7(10)11/h1,7H,(H,12,13). The normalized spacial score (nSPS) is 10.6. The predicted molar refractivity (Wildman–Crippen MR) is 49.9 cm³/mol. The molecule has 3 nitrogen and oxygen atoms in total. The van der Waals surface area contributed by atoms with Crippen molar-refractivity contribution >= 4 is 32.8 Å². The van der Waals surface area contributed by atoms with Crippen LogP contribution >= 0.6 is 27.5 Å². The molecular weight excluding hydrogens is 283 g/mol. The van der Waals surface area contributed by atoms with Gasteiger partial charge in [-0.3, -0.25) is 9.59 Å². The molecule has 1 rings (SSSR count). The number of rotatable bonds is 2. The van der Waals surface area contributed by atoms with Gasteiger partial charge in [-0.05, 0) is 27.5 Å². The molecule has 0 radical (unpaired) electrons. The largest absolute Gasteiger partial charge is 0.320 e. The van der Waals surface area contributed by atoms with Crippen molar-refractivity contribution in [3.8, 4) is 0 Å². The summed E-state index contributed by atoms with van der Waals surface area (Å²) in [6, 6.07) is 0.852. The number of carbonyl (C=O) groups is 1. The smallest absolute Gasteiger partial charge is 0.279 e. The molecule has 7 heteroatoms. The third-order valence-electron chi connectivity index (χ3n) is 1.44. The van der Waals surface area contributed by atoms with Crippen molar-refractivity contribution in [3.05, 3.63) is 32.2 Å². The van der Waals surface area contributed by atoms with Crippen LogP contribution in [-0.2, 0) is 0 Å². The molecule has 0 bridgehead atoms. The molecule has 0 aliphatic carbocycles. The number of halogens is 4. The van der Waals surface area contributed by atoms with Gasteiger partial charge in [0, 0.05) is 6.07 Å². The molecule has 0 aromatic carbocycles. The Morgan fingerprint density at radius 3 is 2.57 bits per heavy atom. The van der Waals surface area contributed by atoms with Gasteiger partial charge in [-0.25, -0.2) is 8.78 Å². The molecule has 1 aromatic heterocycles. The Hall–Kier alpha value is -0.750. The van der Waals surface area contributed by atoms with Crippen molar-refractivity contribution in [2.45, 2.75) is 6.43 Å². The molecule has 0 aliphatic rings. The molecular formula is C7H3BrClF2NO2. The number of aromatic nitrogens is 1. The first kappa shape index (κ1) is 11.3. The first-order valence-corrected chi connectivity index (χ1v) is 4.51. The lowest BCUT2D eigenvalue weighted by Crippen LogP contribution is -2.12. The van der Waals surface area contributed by atoms with Crippen molar-refractivity contribution in [1.29, 1.82) is 0 Å². The second-order valence-corrected chi connectivity index (χ2v) is 3.49. The Morgan fingerprint density at radius 1 is 1.57 bits per heavy atom. The van der Waals surface area contributed by atoms with E-state index in [9.17, 15) is 18.4 Å². The molecule has 1 heterocycles. The second kappa shape index (κ2) is 4.18. The van der Waals surface area contributed by atoms with Gasteiger partial charge in [0.25, 0.3) is 11.7 Å². The highest BCUT2D eigenvalue weighted by Gasteiger charge is 2.19. The summed E-state index contributed by atoms with van der Waals surface area (Å²) in [7, 11) is 0. The van der Waals surface area contributed by atoms with E-state index in [4.69, 9.17) is 11.6 Å². The van der Waals surface area contributed by atoms with Crippen LogP contribution in [0.3, 0.4) is 0 Å². The van der Waals surface area contributed by atoms with E-state index >= 15 is 0 Å². The summed E-state index contributed by atoms with van der Waals surface area (Å²) in [5.41, 5.74) is -1.72. The van der Waals surface area contributed by atoms with Gasteiger partial charge in [-0.15, -0.1) is 0 Å². The summed E-state index contributed by atoms with van der Waals surface area (Å²) in [6.07, 6.45) is -2.88. The van der Waals surface area contributed by atoms with Crippen molar-refractivity contribution < 1.29 is 13.6 Å². The molecule has 0 fully saturated rings. The lowest BCUT2D eigenvalue weighted by Gasteiger charge is -2.04. The first-order chi connectivity index (χ1) is 6.43. The van der Waals surface area contributed by atoms with Crippen LogP contribution in [0.4, 0.5) is 8.78 Å². The van der Waals surface area contributed by atoms with Crippen LogP contribution in [0, 0.1) is 0 Å². The zero-order valence-electron chi connectivity index (χ0n) is 6.48. The average molecular weight is 286 g/mol. The van der Waals surface area contributed by atoms with Gasteiger partial charge in [-0.1, -0.05) is 0 Å².